The van der Waals surface area contributed by atoms with E-state index in [4.69, 9.17) is 14.2 Å². The van der Waals surface area contributed by atoms with E-state index in [9.17, 15) is 4.79 Å². The van der Waals surface area contributed by atoms with Crippen LogP contribution in [0.5, 0.6) is 5.75 Å². The van der Waals surface area contributed by atoms with Crippen molar-refractivity contribution in [3.63, 3.8) is 0 Å². The number of para-hydroxylation sites is 1. The third-order valence-electron chi connectivity index (χ3n) is 3.91. The van der Waals surface area contributed by atoms with Gasteiger partial charge in [0, 0.05) is 13.0 Å². The maximum absolute atomic E-state index is 12.3. The van der Waals surface area contributed by atoms with Crippen LogP contribution < -0.4 is 4.74 Å². The van der Waals surface area contributed by atoms with Crippen LogP contribution >= 0.6 is 0 Å². The van der Waals surface area contributed by atoms with Crippen molar-refractivity contribution in [3.8, 4) is 5.75 Å². The smallest absolute Gasteiger partial charge is 0.226 e. The first-order valence-corrected chi connectivity index (χ1v) is 7.51. The Bertz CT molecular complexity index is 470. The van der Waals surface area contributed by atoms with Crippen molar-refractivity contribution in [2.75, 3.05) is 32.9 Å². The number of hydrogen-bond donors (Lipinski definition) is 0. The number of rotatable bonds is 4. The predicted molar refractivity (Wildman–Crippen MR) is 77.0 cm³/mol. The fraction of sp³-hybridized carbons (Fsp3) is 0.562. The lowest BCUT2D eigenvalue weighted by Gasteiger charge is -2.38. The molecular weight excluding hydrogens is 270 g/mol. The van der Waals surface area contributed by atoms with Crippen molar-refractivity contribution in [1.82, 2.24) is 4.90 Å². The molecule has 2 fully saturated rings. The van der Waals surface area contributed by atoms with Crippen molar-refractivity contribution in [2.45, 2.75) is 25.0 Å². The van der Waals surface area contributed by atoms with E-state index in [1.165, 1.54) is 0 Å². The highest BCUT2D eigenvalue weighted by Gasteiger charge is 2.41. The van der Waals surface area contributed by atoms with Crippen molar-refractivity contribution in [3.05, 3.63) is 30.3 Å². The Balaban J connectivity index is 1.46. The molecule has 0 aliphatic carbocycles. The average molecular weight is 291 g/mol. The minimum atomic E-state index is -0.547. The molecule has 1 spiro atoms. The molecule has 1 amide bonds. The standard InChI is InChI=1S/C16H21NO4/c18-15(7-10-19-14-5-2-1-3-6-14)17-9-4-8-16(13-17)20-11-12-21-16/h1-3,5-6H,4,7-13H2. The second kappa shape index (κ2) is 6.45. The SMILES string of the molecule is O=C(CCOc1ccccc1)N1CCCC2(C1)OCCO2. The van der Waals surface area contributed by atoms with Crippen LogP contribution in [-0.4, -0.2) is 49.5 Å². The van der Waals surface area contributed by atoms with Crippen LogP contribution in [0.2, 0.25) is 0 Å². The van der Waals surface area contributed by atoms with Gasteiger partial charge in [0.05, 0.1) is 32.8 Å². The number of ether oxygens (including phenoxy) is 3. The molecule has 21 heavy (non-hydrogen) atoms. The van der Waals surface area contributed by atoms with Gasteiger partial charge >= 0.3 is 0 Å². The first-order valence-electron chi connectivity index (χ1n) is 7.51. The molecule has 1 aromatic carbocycles. The van der Waals surface area contributed by atoms with Crippen molar-refractivity contribution < 1.29 is 19.0 Å². The lowest BCUT2D eigenvalue weighted by Crippen LogP contribution is -2.51. The monoisotopic (exact) mass is 291 g/mol. The molecule has 0 N–H and O–H groups in total. The fourth-order valence-corrected chi connectivity index (χ4v) is 2.86. The van der Waals surface area contributed by atoms with Crippen LogP contribution in [0.4, 0.5) is 0 Å². The van der Waals surface area contributed by atoms with Gasteiger partial charge in [0.25, 0.3) is 0 Å². The van der Waals surface area contributed by atoms with Gasteiger partial charge in [-0.3, -0.25) is 4.79 Å². The summed E-state index contributed by atoms with van der Waals surface area (Å²) in [4.78, 5) is 14.1. The van der Waals surface area contributed by atoms with Crippen LogP contribution in [0.1, 0.15) is 19.3 Å². The van der Waals surface area contributed by atoms with Crippen LogP contribution in [-0.2, 0) is 14.3 Å². The zero-order valence-corrected chi connectivity index (χ0v) is 12.1. The Kier molecular flexibility index (Phi) is 4.41. The first kappa shape index (κ1) is 14.4. The van der Waals surface area contributed by atoms with E-state index in [2.05, 4.69) is 0 Å². The number of carbonyl (C=O) groups excluding carboxylic acids is 1. The van der Waals surface area contributed by atoms with Crippen LogP contribution in [0.15, 0.2) is 30.3 Å². The molecular formula is C16H21NO4. The molecule has 114 valence electrons. The van der Waals surface area contributed by atoms with E-state index in [1.807, 2.05) is 35.2 Å². The van der Waals surface area contributed by atoms with Gasteiger partial charge in [0.2, 0.25) is 5.91 Å². The summed E-state index contributed by atoms with van der Waals surface area (Å²) >= 11 is 0. The molecule has 2 aliphatic rings. The number of amides is 1. The third kappa shape index (κ3) is 3.54. The summed E-state index contributed by atoms with van der Waals surface area (Å²) in [6, 6.07) is 9.55. The molecule has 2 heterocycles. The van der Waals surface area contributed by atoms with Gasteiger partial charge in [-0.15, -0.1) is 0 Å². The van der Waals surface area contributed by atoms with Crippen LogP contribution in [0.3, 0.4) is 0 Å². The van der Waals surface area contributed by atoms with E-state index in [-0.39, 0.29) is 5.91 Å². The fourth-order valence-electron chi connectivity index (χ4n) is 2.86. The van der Waals surface area contributed by atoms with E-state index in [1.54, 1.807) is 0 Å². The number of benzene rings is 1. The normalized spacial score (nSPS) is 20.7. The summed E-state index contributed by atoms with van der Waals surface area (Å²) in [5.41, 5.74) is 0. The molecule has 0 saturated carbocycles. The van der Waals surface area contributed by atoms with Gasteiger partial charge in [0.15, 0.2) is 5.79 Å². The van der Waals surface area contributed by atoms with Gasteiger partial charge in [-0.2, -0.15) is 0 Å². The van der Waals surface area contributed by atoms with Crippen molar-refractivity contribution in [2.24, 2.45) is 0 Å². The molecule has 1 aromatic rings. The summed E-state index contributed by atoms with van der Waals surface area (Å²) < 4.78 is 17.0. The van der Waals surface area contributed by atoms with E-state index in [0.717, 1.165) is 25.1 Å². The highest BCUT2D eigenvalue weighted by atomic mass is 16.7. The highest BCUT2D eigenvalue weighted by molar-refractivity contribution is 5.76. The second-order valence-electron chi connectivity index (χ2n) is 5.44. The quantitative estimate of drug-likeness (QED) is 0.849. The second-order valence-corrected chi connectivity index (χ2v) is 5.44. The number of likely N-dealkylation sites (tertiary alicyclic amines) is 1. The third-order valence-corrected chi connectivity index (χ3v) is 3.91. The molecule has 2 saturated heterocycles. The van der Waals surface area contributed by atoms with Gasteiger partial charge in [-0.1, -0.05) is 18.2 Å². The maximum atomic E-state index is 12.3. The lowest BCUT2D eigenvalue weighted by atomic mass is 10.0. The minimum absolute atomic E-state index is 0.101. The topological polar surface area (TPSA) is 48.0 Å². The summed E-state index contributed by atoms with van der Waals surface area (Å²) in [5, 5.41) is 0. The Labute approximate surface area is 124 Å². The number of carbonyl (C=O) groups is 1. The van der Waals surface area contributed by atoms with Gasteiger partial charge in [-0.05, 0) is 18.6 Å². The van der Waals surface area contributed by atoms with Crippen LogP contribution in [0.25, 0.3) is 0 Å². The molecule has 0 unspecified atom stereocenters. The zero-order valence-electron chi connectivity index (χ0n) is 12.1. The number of piperidine rings is 1. The van der Waals surface area contributed by atoms with Gasteiger partial charge in [-0.25, -0.2) is 0 Å². The Hall–Kier alpha value is -1.59. The summed E-state index contributed by atoms with van der Waals surface area (Å²) in [6.45, 7) is 2.96. The molecule has 5 heteroatoms. The van der Waals surface area contributed by atoms with E-state index >= 15 is 0 Å². The molecule has 3 rings (SSSR count). The summed E-state index contributed by atoms with van der Waals surface area (Å²) in [5.74, 6) is 0.348. The zero-order chi connectivity index (χ0) is 14.5. The summed E-state index contributed by atoms with van der Waals surface area (Å²) in [7, 11) is 0. The lowest BCUT2D eigenvalue weighted by molar-refractivity contribution is -0.193. The van der Waals surface area contributed by atoms with Crippen molar-refractivity contribution in [1.29, 1.82) is 0 Å². The average Bonchev–Trinajstić information content (AvgIpc) is 2.96. The van der Waals surface area contributed by atoms with Gasteiger partial charge < -0.3 is 19.1 Å². The van der Waals surface area contributed by atoms with Gasteiger partial charge in [0.1, 0.15) is 5.75 Å². The van der Waals surface area contributed by atoms with E-state index < -0.39 is 5.79 Å². The molecule has 2 aliphatic heterocycles. The molecule has 0 aromatic heterocycles. The largest absolute Gasteiger partial charge is 0.493 e. The molecule has 5 nitrogen and oxygen atoms in total. The Morgan fingerprint density at radius 2 is 2.00 bits per heavy atom. The Morgan fingerprint density at radius 3 is 2.76 bits per heavy atom. The Morgan fingerprint density at radius 1 is 1.24 bits per heavy atom. The highest BCUT2D eigenvalue weighted by Crippen LogP contribution is 2.30. The maximum Gasteiger partial charge on any atom is 0.226 e. The molecule has 0 radical (unpaired) electrons. The summed E-state index contributed by atoms with van der Waals surface area (Å²) in [6.07, 6.45) is 2.17. The molecule has 0 atom stereocenters. The minimum Gasteiger partial charge on any atom is -0.493 e. The van der Waals surface area contributed by atoms with E-state index in [0.29, 0.717) is 32.8 Å². The predicted octanol–water partition coefficient (Wildman–Crippen LogP) is 1.82. The number of hydrogen-bond acceptors (Lipinski definition) is 4. The van der Waals surface area contributed by atoms with Crippen molar-refractivity contribution >= 4 is 5.91 Å². The molecule has 0 bridgehead atoms. The number of nitrogens with zero attached hydrogens (tertiary/aromatic N) is 1. The first-order chi connectivity index (χ1) is 10.3. The van der Waals surface area contributed by atoms with Crippen LogP contribution in [0, 0.1) is 0 Å².